The van der Waals surface area contributed by atoms with E-state index in [0.29, 0.717) is 33.7 Å². The first-order valence-corrected chi connectivity index (χ1v) is 11.1. The molecule has 0 saturated carbocycles. The highest BCUT2D eigenvalue weighted by Gasteiger charge is 2.39. The van der Waals surface area contributed by atoms with E-state index in [2.05, 4.69) is 4.98 Å². The number of carbonyl (C=O) groups is 2. The lowest BCUT2D eigenvalue weighted by atomic mass is 9.85. The van der Waals surface area contributed by atoms with Crippen molar-refractivity contribution >= 4 is 28.7 Å². The number of hydrogen-bond donors (Lipinski definition) is 1. The number of ketones is 1. The van der Waals surface area contributed by atoms with Crippen LogP contribution in [0.3, 0.4) is 0 Å². The van der Waals surface area contributed by atoms with Crippen LogP contribution < -0.4 is 19.8 Å². The van der Waals surface area contributed by atoms with Gasteiger partial charge in [0.2, 0.25) is 5.78 Å². The molecule has 6 rings (SSSR count). The lowest BCUT2D eigenvalue weighted by Gasteiger charge is -2.26. The van der Waals surface area contributed by atoms with Gasteiger partial charge in [-0.2, -0.15) is 0 Å². The second-order valence-corrected chi connectivity index (χ2v) is 8.44. The zero-order valence-corrected chi connectivity index (χ0v) is 18.7. The molecule has 4 aromatic rings. The van der Waals surface area contributed by atoms with Crippen molar-refractivity contribution in [2.45, 2.75) is 12.3 Å². The summed E-state index contributed by atoms with van der Waals surface area (Å²) in [4.78, 5) is 41.5. The molecule has 1 atom stereocenters. The Morgan fingerprint density at radius 2 is 1.77 bits per heavy atom. The molecule has 1 N–H and O–H groups in total. The maximum absolute atomic E-state index is 13.2. The summed E-state index contributed by atoms with van der Waals surface area (Å²) in [7, 11) is 1.58. The van der Waals surface area contributed by atoms with Crippen molar-refractivity contribution in [2.24, 2.45) is 0 Å². The summed E-state index contributed by atoms with van der Waals surface area (Å²) >= 11 is 0. The Morgan fingerprint density at radius 1 is 0.971 bits per heavy atom. The molecular weight excluding hydrogens is 446 g/mol. The molecule has 0 bridgehead atoms. The van der Waals surface area contributed by atoms with Gasteiger partial charge in [-0.05, 0) is 53.4 Å². The third-order valence-electron chi connectivity index (χ3n) is 6.35. The largest absolute Gasteiger partial charge is 0.497 e. The van der Waals surface area contributed by atoms with E-state index in [1.165, 1.54) is 0 Å². The summed E-state index contributed by atoms with van der Waals surface area (Å²) in [6, 6.07) is 19.6. The number of ether oxygens (including phenoxy) is 3. The normalized spacial score (nSPS) is 17.6. The maximum atomic E-state index is 13.2. The van der Waals surface area contributed by atoms with E-state index in [4.69, 9.17) is 14.2 Å². The minimum Gasteiger partial charge on any atom is -0.497 e. The molecule has 3 heterocycles. The van der Waals surface area contributed by atoms with E-state index in [9.17, 15) is 14.4 Å². The van der Waals surface area contributed by atoms with Crippen LogP contribution in [0.25, 0.3) is 17.0 Å². The van der Waals surface area contributed by atoms with Gasteiger partial charge in [-0.25, -0.2) is 0 Å². The van der Waals surface area contributed by atoms with Crippen molar-refractivity contribution in [2.75, 3.05) is 7.11 Å². The lowest BCUT2D eigenvalue weighted by molar-refractivity contribution is -0.135. The zero-order valence-electron chi connectivity index (χ0n) is 18.7. The molecule has 7 heteroatoms. The fourth-order valence-electron chi connectivity index (χ4n) is 4.65. The van der Waals surface area contributed by atoms with E-state index >= 15 is 0 Å². The van der Waals surface area contributed by atoms with Gasteiger partial charge in [-0.15, -0.1) is 0 Å². The average Bonchev–Trinajstić information content (AvgIpc) is 3.18. The summed E-state index contributed by atoms with van der Waals surface area (Å²) in [5, 5.41) is 0.840. The first kappa shape index (κ1) is 20.9. The number of rotatable bonds is 3. The van der Waals surface area contributed by atoms with E-state index in [-0.39, 0.29) is 29.3 Å². The Hall–Kier alpha value is -4.65. The average molecular weight is 465 g/mol. The number of esters is 1. The van der Waals surface area contributed by atoms with E-state index in [0.717, 1.165) is 10.9 Å². The van der Waals surface area contributed by atoms with Gasteiger partial charge >= 0.3 is 5.97 Å². The summed E-state index contributed by atoms with van der Waals surface area (Å²) in [5.74, 6) is 0.112. The van der Waals surface area contributed by atoms with Gasteiger partial charge in [0.15, 0.2) is 5.76 Å². The van der Waals surface area contributed by atoms with Crippen LogP contribution in [0, 0.1) is 0 Å². The number of aromatic nitrogens is 1. The topological polar surface area (TPSA) is 94.7 Å². The third-order valence-corrected chi connectivity index (χ3v) is 6.35. The number of H-pyrrole nitrogens is 1. The summed E-state index contributed by atoms with van der Waals surface area (Å²) in [6.07, 6.45) is 1.61. The number of nitrogens with one attached hydrogen (secondary N) is 1. The number of aromatic amines is 1. The molecular formula is C28H19NO6. The van der Waals surface area contributed by atoms with Crippen LogP contribution in [0.1, 0.15) is 39.4 Å². The van der Waals surface area contributed by atoms with Crippen LogP contribution in [-0.2, 0) is 4.79 Å². The molecule has 1 unspecified atom stereocenters. The molecule has 0 radical (unpaired) electrons. The van der Waals surface area contributed by atoms with Gasteiger partial charge in [0.25, 0.3) is 5.56 Å². The second-order valence-electron chi connectivity index (χ2n) is 8.44. The van der Waals surface area contributed by atoms with Crippen molar-refractivity contribution in [3.63, 3.8) is 0 Å². The molecule has 1 aromatic heterocycles. The van der Waals surface area contributed by atoms with Gasteiger partial charge in [-0.1, -0.05) is 30.3 Å². The first-order chi connectivity index (χ1) is 17.0. The number of fused-ring (bicyclic) bond motifs is 4. The Morgan fingerprint density at radius 3 is 2.57 bits per heavy atom. The molecule has 2 aliphatic rings. The number of benzene rings is 3. The van der Waals surface area contributed by atoms with Crippen LogP contribution in [0.4, 0.5) is 0 Å². The molecule has 0 aliphatic carbocycles. The Kier molecular flexibility index (Phi) is 4.77. The Labute approximate surface area is 199 Å². The van der Waals surface area contributed by atoms with Crippen LogP contribution >= 0.6 is 0 Å². The number of methoxy groups -OCH3 is 1. The Bertz CT molecular complexity index is 1610. The fourth-order valence-corrected chi connectivity index (χ4v) is 4.65. The van der Waals surface area contributed by atoms with Crippen molar-refractivity contribution in [3.05, 3.63) is 105 Å². The first-order valence-electron chi connectivity index (χ1n) is 11.1. The quantitative estimate of drug-likeness (QED) is 0.270. The predicted molar refractivity (Wildman–Crippen MR) is 129 cm³/mol. The summed E-state index contributed by atoms with van der Waals surface area (Å²) < 4.78 is 16.7. The van der Waals surface area contributed by atoms with Gasteiger partial charge in [0.05, 0.1) is 19.1 Å². The Balaban J connectivity index is 1.47. The standard InChI is InChI=1S/C28H19NO6/c1-33-17-8-6-15(7-9-17)12-23-26(31)18-10-11-22-25(27(18)35-23)19(14-24(30)34-22)20-13-16-4-2-3-5-21(16)29-28(20)32/h2-13,19H,14H2,1H3,(H,29,32). The van der Waals surface area contributed by atoms with Crippen molar-refractivity contribution < 1.29 is 23.8 Å². The molecule has 0 amide bonds. The van der Waals surface area contributed by atoms with Crippen LogP contribution in [0.15, 0.2) is 77.3 Å². The van der Waals surface area contributed by atoms with Crippen LogP contribution in [0.2, 0.25) is 0 Å². The second kappa shape index (κ2) is 7.99. The molecule has 3 aromatic carbocycles. The van der Waals surface area contributed by atoms with Gasteiger partial charge in [0.1, 0.15) is 17.2 Å². The molecule has 0 spiro atoms. The number of hydrogen-bond acceptors (Lipinski definition) is 6. The highest BCUT2D eigenvalue weighted by molar-refractivity contribution is 6.15. The molecule has 2 aliphatic heterocycles. The predicted octanol–water partition coefficient (Wildman–Crippen LogP) is 4.59. The molecule has 7 nitrogen and oxygen atoms in total. The maximum Gasteiger partial charge on any atom is 0.312 e. The van der Waals surface area contributed by atoms with Crippen LogP contribution in [0.5, 0.6) is 17.2 Å². The minimum absolute atomic E-state index is 0.0417. The number of allylic oxidation sites excluding steroid dienone is 1. The van der Waals surface area contributed by atoms with E-state index in [1.54, 1.807) is 43.5 Å². The highest BCUT2D eigenvalue weighted by atomic mass is 16.5. The van der Waals surface area contributed by atoms with Gasteiger partial charge in [0, 0.05) is 22.6 Å². The third kappa shape index (κ3) is 3.49. The minimum atomic E-state index is -0.623. The number of pyridine rings is 1. The zero-order chi connectivity index (χ0) is 24.1. The molecule has 35 heavy (non-hydrogen) atoms. The lowest BCUT2D eigenvalue weighted by Crippen LogP contribution is -2.26. The molecule has 172 valence electrons. The summed E-state index contributed by atoms with van der Waals surface area (Å²) in [6.45, 7) is 0. The molecule has 0 saturated heterocycles. The fraction of sp³-hybridized carbons (Fsp3) is 0.107. The van der Waals surface area contributed by atoms with Crippen molar-refractivity contribution in [1.82, 2.24) is 4.98 Å². The number of para-hydroxylation sites is 1. The number of Topliss-reactive ketones (excluding diaryl/α,β-unsaturated/α-hetero) is 1. The van der Waals surface area contributed by atoms with Crippen LogP contribution in [-0.4, -0.2) is 23.8 Å². The summed E-state index contributed by atoms with van der Waals surface area (Å²) in [5.41, 5.74) is 2.47. The van der Waals surface area contributed by atoms with Crippen molar-refractivity contribution in [3.8, 4) is 17.2 Å². The van der Waals surface area contributed by atoms with Crippen molar-refractivity contribution in [1.29, 1.82) is 0 Å². The number of carbonyl (C=O) groups excluding carboxylic acids is 2. The SMILES string of the molecule is COc1ccc(C=C2Oc3c(ccc4c3C(c3cc5ccccc5[nH]c3=O)CC(=O)O4)C2=O)cc1. The van der Waals surface area contributed by atoms with E-state index in [1.807, 2.05) is 36.4 Å². The monoisotopic (exact) mass is 465 g/mol. The highest BCUT2D eigenvalue weighted by Crippen LogP contribution is 2.48. The van der Waals surface area contributed by atoms with E-state index < -0.39 is 11.9 Å². The van der Waals surface area contributed by atoms with Gasteiger partial charge < -0.3 is 19.2 Å². The smallest absolute Gasteiger partial charge is 0.312 e. The van der Waals surface area contributed by atoms with Gasteiger partial charge in [-0.3, -0.25) is 14.4 Å². The molecule has 0 fully saturated rings.